The zero-order valence-electron chi connectivity index (χ0n) is 16.1. The van der Waals surface area contributed by atoms with Crippen molar-refractivity contribution < 1.29 is 9.32 Å². The topological polar surface area (TPSA) is 79.4 Å². The van der Waals surface area contributed by atoms with Crippen LogP contribution in [-0.4, -0.2) is 63.4 Å². The normalized spacial score (nSPS) is 19.9. The second-order valence-electron chi connectivity index (χ2n) is 7.77. The molecule has 1 unspecified atom stereocenters. The van der Waals surface area contributed by atoms with Crippen molar-refractivity contribution in [1.29, 1.82) is 0 Å². The molecule has 2 fully saturated rings. The first kappa shape index (κ1) is 18.2. The Morgan fingerprint density at radius 1 is 1.30 bits per heavy atom. The first-order valence-corrected chi connectivity index (χ1v) is 9.79. The molecule has 1 atom stereocenters. The van der Waals surface area contributed by atoms with Crippen molar-refractivity contribution >= 4 is 11.7 Å². The molecule has 8 heteroatoms. The van der Waals surface area contributed by atoms with Crippen LogP contribution in [-0.2, 0) is 11.3 Å². The van der Waals surface area contributed by atoms with Gasteiger partial charge in [0.05, 0.1) is 24.5 Å². The van der Waals surface area contributed by atoms with E-state index < -0.39 is 0 Å². The van der Waals surface area contributed by atoms with E-state index in [1.165, 1.54) is 12.8 Å². The summed E-state index contributed by atoms with van der Waals surface area (Å²) in [5.41, 5.74) is 0.969. The molecule has 1 aliphatic heterocycles. The van der Waals surface area contributed by atoms with E-state index in [1.54, 1.807) is 6.20 Å². The number of nitrogens with zero attached hydrogens (tertiary/aromatic N) is 5. The number of amides is 1. The van der Waals surface area contributed by atoms with Crippen molar-refractivity contribution in [2.45, 2.75) is 39.3 Å². The summed E-state index contributed by atoms with van der Waals surface area (Å²) < 4.78 is 7.08. The Labute approximate surface area is 159 Å². The van der Waals surface area contributed by atoms with E-state index in [0.717, 1.165) is 50.0 Å². The maximum Gasteiger partial charge on any atom is 0.239 e. The number of carbonyl (C=O) groups excluding carboxylic acids is 1. The summed E-state index contributed by atoms with van der Waals surface area (Å²) in [6.07, 6.45) is 4.28. The monoisotopic (exact) mass is 372 g/mol. The second-order valence-corrected chi connectivity index (χ2v) is 7.77. The summed E-state index contributed by atoms with van der Waals surface area (Å²) in [7, 11) is 0. The van der Waals surface area contributed by atoms with E-state index in [1.807, 2.05) is 23.7 Å². The molecular weight excluding hydrogens is 344 g/mol. The molecule has 0 spiro atoms. The van der Waals surface area contributed by atoms with Crippen molar-refractivity contribution in [2.24, 2.45) is 5.92 Å². The molecule has 2 aromatic rings. The molecule has 1 N–H and O–H groups in total. The van der Waals surface area contributed by atoms with Crippen LogP contribution in [0.25, 0.3) is 0 Å². The summed E-state index contributed by atoms with van der Waals surface area (Å²) in [5.74, 6) is 2.37. The van der Waals surface area contributed by atoms with Crippen molar-refractivity contribution in [3.8, 4) is 0 Å². The third kappa shape index (κ3) is 4.56. The molecule has 1 saturated carbocycles. The Balaban J connectivity index is 1.23. The Hall–Kier alpha value is -2.19. The quantitative estimate of drug-likeness (QED) is 0.800. The Bertz CT molecular complexity index is 773. The van der Waals surface area contributed by atoms with Crippen molar-refractivity contribution in [2.75, 3.05) is 38.0 Å². The number of aromatic nitrogens is 3. The minimum atomic E-state index is 0.0281. The minimum Gasteiger partial charge on any atom is -0.361 e. The smallest absolute Gasteiger partial charge is 0.239 e. The number of hydrogen-bond acceptors (Lipinski definition) is 6. The Morgan fingerprint density at radius 3 is 2.70 bits per heavy atom. The summed E-state index contributed by atoms with van der Waals surface area (Å²) in [4.78, 5) is 17.0. The largest absolute Gasteiger partial charge is 0.361 e. The predicted octanol–water partition coefficient (Wildman–Crippen LogP) is 1.91. The number of aryl methyl sites for hydroxylation is 1. The van der Waals surface area contributed by atoms with Gasteiger partial charge in [-0.1, -0.05) is 5.16 Å². The highest BCUT2D eigenvalue weighted by molar-refractivity contribution is 5.91. The van der Waals surface area contributed by atoms with Crippen LogP contribution in [0, 0.1) is 12.8 Å². The van der Waals surface area contributed by atoms with E-state index in [-0.39, 0.29) is 5.91 Å². The van der Waals surface area contributed by atoms with E-state index in [0.29, 0.717) is 18.5 Å². The van der Waals surface area contributed by atoms with Crippen LogP contribution in [0.1, 0.15) is 37.3 Å². The summed E-state index contributed by atoms with van der Waals surface area (Å²) in [6, 6.07) is 4.21. The van der Waals surface area contributed by atoms with E-state index in [9.17, 15) is 4.79 Å². The van der Waals surface area contributed by atoms with Crippen molar-refractivity contribution in [1.82, 2.24) is 24.7 Å². The molecular formula is C19H28N6O2. The third-order valence-corrected chi connectivity index (χ3v) is 5.52. The minimum absolute atomic E-state index is 0.0281. The lowest BCUT2D eigenvalue weighted by molar-refractivity contribution is -0.117. The predicted molar refractivity (Wildman–Crippen MR) is 101 cm³/mol. The van der Waals surface area contributed by atoms with Gasteiger partial charge in [-0.3, -0.25) is 14.6 Å². The molecule has 27 heavy (non-hydrogen) atoms. The average Bonchev–Trinajstić information content (AvgIpc) is 3.27. The lowest BCUT2D eigenvalue weighted by Crippen LogP contribution is -2.48. The van der Waals surface area contributed by atoms with Gasteiger partial charge in [-0.05, 0) is 32.6 Å². The number of rotatable bonds is 7. The molecule has 146 valence electrons. The zero-order chi connectivity index (χ0) is 18.8. The molecule has 0 aromatic carbocycles. The van der Waals surface area contributed by atoms with Crippen LogP contribution in [0.3, 0.4) is 0 Å². The van der Waals surface area contributed by atoms with Crippen molar-refractivity contribution in [3.63, 3.8) is 0 Å². The van der Waals surface area contributed by atoms with Crippen LogP contribution >= 0.6 is 0 Å². The van der Waals surface area contributed by atoms with Crippen molar-refractivity contribution in [3.05, 3.63) is 29.8 Å². The standard InChI is InChI=1S/C19H28N6O2/c1-14-11-17(22-27-14)12-23-7-9-24(10-8-23)13-19(26)21-18-5-6-20-25(18)15(2)16-3-4-16/h5-6,11,15-16H,3-4,7-10,12-13H2,1-2H3,(H,21,26). The van der Waals surface area contributed by atoms with Gasteiger partial charge in [-0.2, -0.15) is 5.10 Å². The van der Waals surface area contributed by atoms with Gasteiger partial charge in [-0.25, -0.2) is 4.68 Å². The van der Waals surface area contributed by atoms with Gasteiger partial charge in [0.2, 0.25) is 5.91 Å². The van der Waals surface area contributed by atoms with Gasteiger partial charge in [0, 0.05) is 44.9 Å². The molecule has 2 aliphatic rings. The number of carbonyl (C=O) groups is 1. The highest BCUT2D eigenvalue weighted by Crippen LogP contribution is 2.40. The maximum atomic E-state index is 12.5. The van der Waals surface area contributed by atoms with E-state index >= 15 is 0 Å². The maximum absolute atomic E-state index is 12.5. The fourth-order valence-electron chi connectivity index (χ4n) is 3.73. The van der Waals surface area contributed by atoms with Gasteiger partial charge in [-0.15, -0.1) is 0 Å². The third-order valence-electron chi connectivity index (χ3n) is 5.52. The molecule has 3 heterocycles. The Morgan fingerprint density at radius 2 is 2.04 bits per heavy atom. The molecule has 1 saturated heterocycles. The van der Waals surface area contributed by atoms with Crippen LogP contribution < -0.4 is 5.32 Å². The van der Waals surface area contributed by atoms with Crippen LogP contribution in [0.4, 0.5) is 5.82 Å². The summed E-state index contributed by atoms with van der Waals surface area (Å²) >= 11 is 0. The zero-order valence-corrected chi connectivity index (χ0v) is 16.1. The van der Waals surface area contributed by atoms with Crippen LogP contribution in [0.15, 0.2) is 22.9 Å². The average molecular weight is 372 g/mol. The first-order chi connectivity index (χ1) is 13.1. The Kier molecular flexibility index (Phi) is 5.27. The molecule has 4 rings (SSSR count). The number of piperazine rings is 1. The number of anilines is 1. The molecule has 1 amide bonds. The SMILES string of the molecule is Cc1cc(CN2CCN(CC(=O)Nc3ccnn3C(C)C3CC3)CC2)no1. The fourth-order valence-corrected chi connectivity index (χ4v) is 3.73. The molecule has 0 bridgehead atoms. The number of hydrogen-bond donors (Lipinski definition) is 1. The fraction of sp³-hybridized carbons (Fsp3) is 0.632. The highest BCUT2D eigenvalue weighted by atomic mass is 16.5. The molecule has 1 aliphatic carbocycles. The van der Waals surface area contributed by atoms with Gasteiger partial charge in [0.1, 0.15) is 11.6 Å². The lowest BCUT2D eigenvalue weighted by atomic mass is 10.2. The van der Waals surface area contributed by atoms with Crippen LogP contribution in [0.5, 0.6) is 0 Å². The van der Waals surface area contributed by atoms with E-state index in [2.05, 4.69) is 32.3 Å². The van der Waals surface area contributed by atoms with Gasteiger partial charge in [0.15, 0.2) is 0 Å². The van der Waals surface area contributed by atoms with E-state index in [4.69, 9.17) is 4.52 Å². The number of nitrogens with one attached hydrogen (secondary N) is 1. The van der Waals surface area contributed by atoms with Gasteiger partial charge in [0.25, 0.3) is 0 Å². The van der Waals surface area contributed by atoms with Gasteiger partial charge >= 0.3 is 0 Å². The molecule has 0 radical (unpaired) electrons. The summed E-state index contributed by atoms with van der Waals surface area (Å²) in [6.45, 7) is 8.91. The highest BCUT2D eigenvalue weighted by Gasteiger charge is 2.31. The molecule has 2 aromatic heterocycles. The second kappa shape index (κ2) is 7.82. The molecule has 8 nitrogen and oxygen atoms in total. The lowest BCUT2D eigenvalue weighted by Gasteiger charge is -2.33. The van der Waals surface area contributed by atoms with Crippen LogP contribution in [0.2, 0.25) is 0 Å². The first-order valence-electron chi connectivity index (χ1n) is 9.79. The van der Waals surface area contributed by atoms with Gasteiger partial charge < -0.3 is 9.84 Å². The summed E-state index contributed by atoms with van der Waals surface area (Å²) in [5, 5.41) is 11.5.